The highest BCUT2D eigenvalue weighted by Crippen LogP contribution is 2.29. The molecule has 0 aliphatic carbocycles. The maximum atomic E-state index is 5.80. The van der Waals surface area contributed by atoms with E-state index in [1.807, 2.05) is 23.9 Å². The largest absolute Gasteiger partial charge is 0.389 e. The summed E-state index contributed by atoms with van der Waals surface area (Å²) in [5.74, 6) is 1.11. The third-order valence-electron chi connectivity index (χ3n) is 3.21. The van der Waals surface area contributed by atoms with Crippen LogP contribution >= 0.6 is 24.0 Å². The van der Waals surface area contributed by atoms with Gasteiger partial charge in [-0.1, -0.05) is 36.5 Å². The second-order valence-electron chi connectivity index (χ2n) is 4.46. The van der Waals surface area contributed by atoms with Crippen LogP contribution in [0.1, 0.15) is 5.56 Å². The minimum absolute atomic E-state index is 0.453. The van der Waals surface area contributed by atoms with Crippen molar-refractivity contribution < 1.29 is 0 Å². The normalized spacial score (nSPS) is 10.6. The van der Waals surface area contributed by atoms with Gasteiger partial charge in [-0.05, 0) is 23.8 Å². The summed E-state index contributed by atoms with van der Waals surface area (Å²) >= 11 is 6.98. The van der Waals surface area contributed by atoms with Crippen molar-refractivity contribution in [2.24, 2.45) is 5.73 Å². The molecule has 0 spiro atoms. The van der Waals surface area contributed by atoms with E-state index in [2.05, 4.69) is 42.5 Å². The molecule has 0 aliphatic heterocycles. The van der Waals surface area contributed by atoms with Gasteiger partial charge in [-0.15, -0.1) is 0 Å². The van der Waals surface area contributed by atoms with E-state index in [0.717, 1.165) is 23.2 Å². The summed E-state index contributed by atoms with van der Waals surface area (Å²) in [6.45, 7) is 1.03. The predicted octanol–water partition coefficient (Wildman–Crippen LogP) is 3.27. The number of hydrogen-bond donors (Lipinski definition) is 1. The van der Waals surface area contributed by atoms with Crippen LogP contribution in [-0.2, 0) is 0 Å². The van der Waals surface area contributed by atoms with Gasteiger partial charge in [-0.2, -0.15) is 11.8 Å². The molecule has 0 fully saturated rings. The zero-order valence-corrected chi connectivity index (χ0v) is 12.9. The van der Waals surface area contributed by atoms with Crippen molar-refractivity contribution in [3.8, 4) is 0 Å². The molecule has 0 aromatic heterocycles. The molecule has 0 atom stereocenters. The van der Waals surface area contributed by atoms with Crippen molar-refractivity contribution in [2.75, 3.05) is 30.5 Å². The van der Waals surface area contributed by atoms with Crippen molar-refractivity contribution in [3.05, 3.63) is 42.0 Å². The molecule has 2 aromatic carbocycles. The standard InChI is InChI=1S/C15H18N2S2/c1-17(9-10-19-2)14-8-7-13(15(16)18)11-5-3-4-6-12(11)14/h3-8H,9-10H2,1-2H3,(H2,16,18). The Morgan fingerprint density at radius 1 is 1.21 bits per heavy atom. The van der Waals surface area contributed by atoms with Gasteiger partial charge in [0.25, 0.3) is 0 Å². The molecule has 100 valence electrons. The Labute approximate surface area is 124 Å². The van der Waals surface area contributed by atoms with Gasteiger partial charge < -0.3 is 10.6 Å². The van der Waals surface area contributed by atoms with Crippen LogP contribution in [0, 0.1) is 0 Å². The molecule has 0 saturated carbocycles. The second kappa shape index (κ2) is 6.26. The summed E-state index contributed by atoms with van der Waals surface area (Å²) in [5, 5.41) is 2.33. The Kier molecular flexibility index (Phi) is 4.66. The molecule has 2 N–H and O–H groups in total. The molecule has 0 heterocycles. The number of nitrogens with two attached hydrogens (primary N) is 1. The van der Waals surface area contributed by atoms with Crippen LogP contribution in [0.4, 0.5) is 5.69 Å². The second-order valence-corrected chi connectivity index (χ2v) is 5.88. The predicted molar refractivity (Wildman–Crippen MR) is 91.5 cm³/mol. The lowest BCUT2D eigenvalue weighted by molar-refractivity contribution is 0.984. The first-order valence-corrected chi connectivity index (χ1v) is 7.97. The highest BCUT2D eigenvalue weighted by molar-refractivity contribution is 7.98. The molecule has 2 aromatic rings. The summed E-state index contributed by atoms with van der Waals surface area (Å²) in [6.07, 6.45) is 2.13. The van der Waals surface area contributed by atoms with Crippen molar-refractivity contribution in [1.29, 1.82) is 0 Å². The third kappa shape index (κ3) is 3.01. The molecular weight excluding hydrogens is 272 g/mol. The zero-order chi connectivity index (χ0) is 13.8. The maximum Gasteiger partial charge on any atom is 0.104 e. The van der Waals surface area contributed by atoms with Crippen LogP contribution in [-0.4, -0.2) is 30.6 Å². The lowest BCUT2D eigenvalue weighted by atomic mass is 10.0. The average Bonchev–Trinajstić information content (AvgIpc) is 2.43. The monoisotopic (exact) mass is 290 g/mol. The fourth-order valence-corrected chi connectivity index (χ4v) is 2.81. The minimum atomic E-state index is 0.453. The van der Waals surface area contributed by atoms with Gasteiger partial charge in [-0.25, -0.2) is 0 Å². The topological polar surface area (TPSA) is 29.3 Å². The van der Waals surface area contributed by atoms with Crippen molar-refractivity contribution in [2.45, 2.75) is 0 Å². The number of hydrogen-bond acceptors (Lipinski definition) is 3. The van der Waals surface area contributed by atoms with E-state index < -0.39 is 0 Å². The molecule has 0 bridgehead atoms. The van der Waals surface area contributed by atoms with E-state index >= 15 is 0 Å². The molecule has 19 heavy (non-hydrogen) atoms. The summed E-state index contributed by atoms with van der Waals surface area (Å²) in [7, 11) is 2.12. The quantitative estimate of drug-likeness (QED) is 0.856. The number of thiocarbonyl (C=S) groups is 1. The Morgan fingerprint density at radius 3 is 2.53 bits per heavy atom. The van der Waals surface area contributed by atoms with Crippen LogP contribution < -0.4 is 10.6 Å². The van der Waals surface area contributed by atoms with E-state index in [-0.39, 0.29) is 0 Å². The van der Waals surface area contributed by atoms with Gasteiger partial charge in [-0.3, -0.25) is 0 Å². The van der Waals surface area contributed by atoms with Gasteiger partial charge in [0.1, 0.15) is 4.99 Å². The molecule has 0 amide bonds. The molecule has 0 saturated heterocycles. The number of anilines is 1. The van der Waals surface area contributed by atoms with Crippen LogP contribution in [0.3, 0.4) is 0 Å². The first-order chi connectivity index (χ1) is 9.15. The lowest BCUT2D eigenvalue weighted by Gasteiger charge is -2.21. The van der Waals surface area contributed by atoms with E-state index in [0.29, 0.717) is 4.99 Å². The molecular formula is C15H18N2S2. The number of fused-ring (bicyclic) bond motifs is 1. The maximum absolute atomic E-state index is 5.80. The van der Waals surface area contributed by atoms with Crippen LogP contribution in [0.5, 0.6) is 0 Å². The van der Waals surface area contributed by atoms with E-state index in [4.69, 9.17) is 18.0 Å². The number of rotatable bonds is 5. The summed E-state index contributed by atoms with van der Waals surface area (Å²) in [5.41, 5.74) is 7.98. The molecule has 2 rings (SSSR count). The summed E-state index contributed by atoms with van der Waals surface area (Å²) in [4.78, 5) is 2.73. The van der Waals surface area contributed by atoms with Crippen molar-refractivity contribution >= 4 is 45.4 Å². The van der Waals surface area contributed by atoms with E-state index in [1.165, 1.54) is 11.1 Å². The van der Waals surface area contributed by atoms with Gasteiger partial charge in [0, 0.05) is 36.0 Å². The van der Waals surface area contributed by atoms with Gasteiger partial charge in [0.2, 0.25) is 0 Å². The fraction of sp³-hybridized carbons (Fsp3) is 0.267. The molecule has 2 nitrogen and oxygen atoms in total. The molecule has 0 unspecified atom stereocenters. The smallest absolute Gasteiger partial charge is 0.104 e. The van der Waals surface area contributed by atoms with E-state index in [9.17, 15) is 0 Å². The fourth-order valence-electron chi connectivity index (χ4n) is 2.18. The number of thioether (sulfide) groups is 1. The molecule has 4 heteroatoms. The van der Waals surface area contributed by atoms with Gasteiger partial charge >= 0.3 is 0 Å². The van der Waals surface area contributed by atoms with Crippen LogP contribution in [0.15, 0.2) is 36.4 Å². The van der Waals surface area contributed by atoms with Gasteiger partial charge in [0.15, 0.2) is 0 Å². The Hall–Kier alpha value is -1.26. The van der Waals surface area contributed by atoms with E-state index in [1.54, 1.807) is 0 Å². The Balaban J connectivity index is 2.52. The first-order valence-electron chi connectivity index (χ1n) is 6.16. The SMILES string of the molecule is CSCCN(C)c1ccc(C(N)=S)c2ccccc12. The van der Waals surface area contributed by atoms with Crippen LogP contribution in [0.2, 0.25) is 0 Å². The zero-order valence-electron chi connectivity index (χ0n) is 11.2. The lowest BCUT2D eigenvalue weighted by Crippen LogP contribution is -2.21. The van der Waals surface area contributed by atoms with Crippen molar-refractivity contribution in [3.63, 3.8) is 0 Å². The van der Waals surface area contributed by atoms with Crippen molar-refractivity contribution in [1.82, 2.24) is 0 Å². The molecule has 0 aliphatic rings. The summed E-state index contributed by atoms with van der Waals surface area (Å²) in [6, 6.07) is 12.4. The highest BCUT2D eigenvalue weighted by atomic mass is 32.2. The molecule has 0 radical (unpaired) electrons. The van der Waals surface area contributed by atoms with Gasteiger partial charge in [0.05, 0.1) is 0 Å². The average molecular weight is 290 g/mol. The third-order valence-corrected chi connectivity index (χ3v) is 4.02. The highest BCUT2D eigenvalue weighted by Gasteiger charge is 2.10. The minimum Gasteiger partial charge on any atom is -0.389 e. The van der Waals surface area contributed by atoms with Crippen LogP contribution in [0.25, 0.3) is 10.8 Å². The first kappa shape index (κ1) is 14.2. The Bertz CT molecular complexity index is 596. The number of benzene rings is 2. The summed E-state index contributed by atoms with van der Waals surface area (Å²) < 4.78 is 0. The Morgan fingerprint density at radius 2 is 1.89 bits per heavy atom. The number of nitrogens with zero attached hydrogens (tertiary/aromatic N) is 1.